The molecule has 0 bridgehead atoms. The summed E-state index contributed by atoms with van der Waals surface area (Å²) in [5.41, 5.74) is 3.07. The summed E-state index contributed by atoms with van der Waals surface area (Å²) in [5.74, 6) is 6.11. The lowest BCUT2D eigenvalue weighted by Crippen LogP contribution is -1.84. The summed E-state index contributed by atoms with van der Waals surface area (Å²) in [6.07, 6.45) is 3.87. The number of aromatic nitrogens is 1. The molecular formula is C16H13Cl2N. The van der Waals surface area contributed by atoms with Crippen LogP contribution in [-0.2, 0) is 6.42 Å². The van der Waals surface area contributed by atoms with Gasteiger partial charge in [0, 0.05) is 17.3 Å². The largest absolute Gasteiger partial charge is 0.242 e. The van der Waals surface area contributed by atoms with Crippen molar-refractivity contribution in [2.24, 2.45) is 0 Å². The van der Waals surface area contributed by atoms with Gasteiger partial charge in [-0.25, -0.2) is 4.98 Å². The predicted molar refractivity (Wildman–Crippen MR) is 80.7 cm³/mol. The van der Waals surface area contributed by atoms with Gasteiger partial charge in [0.15, 0.2) is 0 Å². The third-order valence-electron chi connectivity index (χ3n) is 2.64. The van der Waals surface area contributed by atoms with E-state index in [2.05, 4.69) is 35.9 Å². The van der Waals surface area contributed by atoms with Gasteiger partial charge in [0.2, 0.25) is 0 Å². The smallest absolute Gasteiger partial charge is 0.147 e. The van der Waals surface area contributed by atoms with Crippen LogP contribution >= 0.6 is 23.2 Å². The van der Waals surface area contributed by atoms with Crippen LogP contribution in [0.5, 0.6) is 0 Å². The summed E-state index contributed by atoms with van der Waals surface area (Å²) >= 11 is 11.6. The van der Waals surface area contributed by atoms with E-state index in [0.717, 1.165) is 24.0 Å². The molecule has 0 atom stereocenters. The van der Waals surface area contributed by atoms with Gasteiger partial charge in [0.1, 0.15) is 5.15 Å². The highest BCUT2D eigenvalue weighted by Crippen LogP contribution is 2.19. The Labute approximate surface area is 123 Å². The van der Waals surface area contributed by atoms with Crippen molar-refractivity contribution in [3.8, 4) is 11.8 Å². The van der Waals surface area contributed by atoms with E-state index in [1.54, 1.807) is 12.3 Å². The van der Waals surface area contributed by atoms with Crippen molar-refractivity contribution in [1.82, 2.24) is 4.98 Å². The molecule has 19 heavy (non-hydrogen) atoms. The Balaban J connectivity index is 2.16. The second kappa shape index (κ2) is 6.61. The summed E-state index contributed by atoms with van der Waals surface area (Å²) < 4.78 is 0. The molecule has 0 radical (unpaired) electrons. The quantitative estimate of drug-likeness (QED) is 0.575. The first-order valence-electron chi connectivity index (χ1n) is 6.11. The Morgan fingerprint density at radius 1 is 1.05 bits per heavy atom. The SMILES string of the molecule is CCCc1ccc(C#Cc2cnc(Cl)c(Cl)c2)cc1. The highest BCUT2D eigenvalue weighted by Gasteiger charge is 1.98. The fraction of sp³-hybridized carbons (Fsp3) is 0.188. The second-order valence-electron chi connectivity index (χ2n) is 4.19. The Morgan fingerprint density at radius 2 is 1.74 bits per heavy atom. The third kappa shape index (κ3) is 3.99. The molecule has 0 spiro atoms. The van der Waals surface area contributed by atoms with E-state index in [1.165, 1.54) is 5.56 Å². The summed E-state index contributed by atoms with van der Waals surface area (Å²) in [4.78, 5) is 3.96. The topological polar surface area (TPSA) is 12.9 Å². The number of benzene rings is 1. The minimum absolute atomic E-state index is 0.302. The first-order chi connectivity index (χ1) is 9.19. The number of nitrogens with zero attached hydrogens (tertiary/aromatic N) is 1. The summed E-state index contributed by atoms with van der Waals surface area (Å²) in [6, 6.07) is 10.0. The van der Waals surface area contributed by atoms with Crippen LogP contribution in [0.1, 0.15) is 30.0 Å². The van der Waals surface area contributed by atoms with Gasteiger partial charge in [0.05, 0.1) is 5.02 Å². The molecular weight excluding hydrogens is 277 g/mol. The van der Waals surface area contributed by atoms with Crippen molar-refractivity contribution in [2.45, 2.75) is 19.8 Å². The van der Waals surface area contributed by atoms with Gasteiger partial charge in [0.25, 0.3) is 0 Å². The molecule has 1 heterocycles. The minimum atomic E-state index is 0.302. The van der Waals surface area contributed by atoms with Crippen LogP contribution in [0, 0.1) is 11.8 Å². The number of pyridine rings is 1. The molecule has 0 fully saturated rings. The van der Waals surface area contributed by atoms with Crippen LogP contribution in [0.15, 0.2) is 36.5 Å². The van der Waals surface area contributed by atoms with E-state index < -0.39 is 0 Å². The molecule has 0 unspecified atom stereocenters. The molecule has 2 aromatic rings. The molecule has 1 nitrogen and oxygen atoms in total. The van der Waals surface area contributed by atoms with E-state index in [4.69, 9.17) is 23.2 Å². The Bertz CT molecular complexity index is 621. The molecule has 0 saturated carbocycles. The minimum Gasteiger partial charge on any atom is -0.242 e. The summed E-state index contributed by atoms with van der Waals surface area (Å²) in [6.45, 7) is 2.17. The van der Waals surface area contributed by atoms with Crippen LogP contribution < -0.4 is 0 Å². The van der Waals surface area contributed by atoms with E-state index in [9.17, 15) is 0 Å². The lowest BCUT2D eigenvalue weighted by Gasteiger charge is -1.97. The van der Waals surface area contributed by atoms with Crippen molar-refractivity contribution in [3.63, 3.8) is 0 Å². The maximum Gasteiger partial charge on any atom is 0.147 e. The fourth-order valence-electron chi connectivity index (χ4n) is 1.68. The highest BCUT2D eigenvalue weighted by atomic mass is 35.5. The lowest BCUT2D eigenvalue weighted by atomic mass is 10.1. The molecule has 1 aromatic carbocycles. The van der Waals surface area contributed by atoms with Gasteiger partial charge in [-0.2, -0.15) is 0 Å². The molecule has 0 aliphatic carbocycles. The maximum absolute atomic E-state index is 5.89. The zero-order chi connectivity index (χ0) is 13.7. The zero-order valence-electron chi connectivity index (χ0n) is 10.6. The fourth-order valence-corrected chi connectivity index (χ4v) is 1.95. The Morgan fingerprint density at radius 3 is 2.37 bits per heavy atom. The van der Waals surface area contributed by atoms with Gasteiger partial charge in [-0.05, 0) is 30.2 Å². The van der Waals surface area contributed by atoms with Crippen molar-refractivity contribution in [2.75, 3.05) is 0 Å². The number of rotatable bonds is 2. The number of aryl methyl sites for hydroxylation is 1. The summed E-state index contributed by atoms with van der Waals surface area (Å²) in [7, 11) is 0. The van der Waals surface area contributed by atoms with Crippen LogP contribution in [0.4, 0.5) is 0 Å². The predicted octanol–water partition coefficient (Wildman–Crippen LogP) is 4.74. The molecule has 2 rings (SSSR count). The molecule has 96 valence electrons. The molecule has 0 aliphatic rings. The molecule has 0 amide bonds. The first kappa shape index (κ1) is 13.9. The van der Waals surface area contributed by atoms with Crippen molar-refractivity contribution in [1.29, 1.82) is 0 Å². The van der Waals surface area contributed by atoms with Crippen molar-refractivity contribution in [3.05, 3.63) is 63.4 Å². The van der Waals surface area contributed by atoms with Crippen LogP contribution in [0.2, 0.25) is 10.2 Å². The van der Waals surface area contributed by atoms with Crippen LogP contribution in [0.25, 0.3) is 0 Å². The molecule has 0 aliphatic heterocycles. The van der Waals surface area contributed by atoms with E-state index in [0.29, 0.717) is 10.2 Å². The summed E-state index contributed by atoms with van der Waals surface area (Å²) in [5, 5.41) is 0.725. The van der Waals surface area contributed by atoms with E-state index in [1.807, 2.05) is 12.1 Å². The molecule has 3 heteroatoms. The van der Waals surface area contributed by atoms with Gasteiger partial charge in [-0.15, -0.1) is 0 Å². The Hall–Kier alpha value is -1.49. The average Bonchev–Trinajstić information content (AvgIpc) is 2.42. The van der Waals surface area contributed by atoms with E-state index in [-0.39, 0.29) is 0 Å². The van der Waals surface area contributed by atoms with Gasteiger partial charge < -0.3 is 0 Å². The molecule has 1 aromatic heterocycles. The van der Waals surface area contributed by atoms with Gasteiger partial charge >= 0.3 is 0 Å². The average molecular weight is 290 g/mol. The third-order valence-corrected chi connectivity index (χ3v) is 3.33. The number of hydrogen-bond acceptors (Lipinski definition) is 1. The highest BCUT2D eigenvalue weighted by molar-refractivity contribution is 6.41. The first-order valence-corrected chi connectivity index (χ1v) is 6.86. The zero-order valence-corrected chi connectivity index (χ0v) is 12.1. The molecule has 0 N–H and O–H groups in total. The number of halogens is 2. The number of hydrogen-bond donors (Lipinski definition) is 0. The van der Waals surface area contributed by atoms with Crippen LogP contribution in [-0.4, -0.2) is 4.98 Å². The van der Waals surface area contributed by atoms with E-state index >= 15 is 0 Å². The van der Waals surface area contributed by atoms with Crippen LogP contribution in [0.3, 0.4) is 0 Å². The maximum atomic E-state index is 5.89. The second-order valence-corrected chi connectivity index (χ2v) is 4.96. The Kier molecular flexibility index (Phi) is 4.85. The van der Waals surface area contributed by atoms with Crippen molar-refractivity contribution < 1.29 is 0 Å². The monoisotopic (exact) mass is 289 g/mol. The lowest BCUT2D eigenvalue weighted by molar-refractivity contribution is 0.922. The standard InChI is InChI=1S/C16H13Cl2N/c1-2-3-12-4-6-13(7-5-12)8-9-14-10-15(17)16(18)19-11-14/h4-7,10-11H,2-3H2,1H3. The molecule has 0 saturated heterocycles. The van der Waals surface area contributed by atoms with Gasteiger partial charge in [-0.3, -0.25) is 0 Å². The normalized spacial score (nSPS) is 9.84. The van der Waals surface area contributed by atoms with Gasteiger partial charge in [-0.1, -0.05) is 60.5 Å². The van der Waals surface area contributed by atoms with Crippen molar-refractivity contribution >= 4 is 23.2 Å².